The van der Waals surface area contributed by atoms with Crippen LogP contribution in [-0.2, 0) is 9.59 Å². The fourth-order valence-electron chi connectivity index (χ4n) is 4.06. The van der Waals surface area contributed by atoms with Gasteiger partial charge in [0, 0.05) is 16.3 Å². The number of benzene rings is 3. The number of anilines is 2. The molecule has 0 N–H and O–H groups in total. The van der Waals surface area contributed by atoms with Gasteiger partial charge in [-0.1, -0.05) is 47.5 Å². The standard InChI is InChI=1S/C26H26N2O2S/c1-17-5-10-21(11-6-17)27-16-24(29)28(23-14-7-18(2)15-19(23)3)25(26(27)30)20-8-12-22(31-4)13-9-20/h5-15,25H,16H2,1-4H3/t25-/m1/s1. The quantitative estimate of drug-likeness (QED) is 0.517. The summed E-state index contributed by atoms with van der Waals surface area (Å²) in [7, 11) is 0. The summed E-state index contributed by atoms with van der Waals surface area (Å²) in [6.07, 6.45) is 2.02. The molecule has 0 spiro atoms. The summed E-state index contributed by atoms with van der Waals surface area (Å²) in [5.41, 5.74) is 5.56. The van der Waals surface area contributed by atoms with Gasteiger partial charge in [0.25, 0.3) is 5.91 Å². The second-order valence-corrected chi connectivity index (χ2v) is 8.87. The largest absolute Gasteiger partial charge is 0.301 e. The summed E-state index contributed by atoms with van der Waals surface area (Å²) in [6.45, 7) is 6.04. The lowest BCUT2D eigenvalue weighted by atomic mass is 9.98. The molecule has 0 bridgehead atoms. The van der Waals surface area contributed by atoms with Gasteiger partial charge in [-0.25, -0.2) is 0 Å². The van der Waals surface area contributed by atoms with Crippen molar-refractivity contribution in [3.8, 4) is 0 Å². The third kappa shape index (κ3) is 4.10. The topological polar surface area (TPSA) is 40.6 Å². The second kappa shape index (κ2) is 8.60. The summed E-state index contributed by atoms with van der Waals surface area (Å²) < 4.78 is 0. The maximum Gasteiger partial charge on any atom is 0.255 e. The zero-order valence-corrected chi connectivity index (χ0v) is 19.1. The number of aryl methyl sites for hydroxylation is 3. The number of thioether (sulfide) groups is 1. The van der Waals surface area contributed by atoms with E-state index >= 15 is 0 Å². The van der Waals surface area contributed by atoms with Gasteiger partial charge in [0.05, 0.1) is 0 Å². The average molecular weight is 431 g/mol. The molecule has 1 fully saturated rings. The molecule has 1 aliphatic heterocycles. The molecule has 0 aromatic heterocycles. The first kappa shape index (κ1) is 21.2. The number of hydrogen-bond donors (Lipinski definition) is 0. The van der Waals surface area contributed by atoms with Crippen LogP contribution in [0.5, 0.6) is 0 Å². The summed E-state index contributed by atoms with van der Waals surface area (Å²) in [5.74, 6) is -0.189. The highest BCUT2D eigenvalue weighted by atomic mass is 32.2. The summed E-state index contributed by atoms with van der Waals surface area (Å²) in [5, 5.41) is 0. The van der Waals surface area contributed by atoms with Crippen LogP contribution in [0.3, 0.4) is 0 Å². The highest BCUT2D eigenvalue weighted by Crippen LogP contribution is 2.36. The lowest BCUT2D eigenvalue weighted by Gasteiger charge is -2.41. The number of carbonyl (C=O) groups is 2. The van der Waals surface area contributed by atoms with Crippen LogP contribution >= 0.6 is 11.8 Å². The molecule has 1 heterocycles. The number of piperazine rings is 1. The highest BCUT2D eigenvalue weighted by Gasteiger charge is 2.42. The van der Waals surface area contributed by atoms with Gasteiger partial charge in [0.1, 0.15) is 12.6 Å². The van der Waals surface area contributed by atoms with Gasteiger partial charge in [-0.3, -0.25) is 14.5 Å². The average Bonchev–Trinajstić information content (AvgIpc) is 2.76. The maximum absolute atomic E-state index is 13.8. The van der Waals surface area contributed by atoms with E-state index in [1.165, 1.54) is 0 Å². The molecule has 1 atom stereocenters. The Bertz CT molecular complexity index is 1120. The second-order valence-electron chi connectivity index (χ2n) is 7.99. The van der Waals surface area contributed by atoms with Crippen LogP contribution in [-0.4, -0.2) is 24.6 Å². The fraction of sp³-hybridized carbons (Fsp3) is 0.231. The molecular formula is C26H26N2O2S. The van der Waals surface area contributed by atoms with Crippen molar-refractivity contribution in [3.63, 3.8) is 0 Å². The minimum atomic E-state index is -0.708. The van der Waals surface area contributed by atoms with Crippen molar-refractivity contribution < 1.29 is 9.59 Å². The van der Waals surface area contributed by atoms with Gasteiger partial charge < -0.3 is 4.90 Å². The highest BCUT2D eigenvalue weighted by molar-refractivity contribution is 7.98. The number of nitrogens with zero attached hydrogens (tertiary/aromatic N) is 2. The van der Waals surface area contributed by atoms with Crippen LogP contribution in [0.25, 0.3) is 0 Å². The van der Waals surface area contributed by atoms with Crippen molar-refractivity contribution >= 4 is 35.0 Å². The van der Waals surface area contributed by atoms with Crippen molar-refractivity contribution in [1.29, 1.82) is 0 Å². The van der Waals surface area contributed by atoms with E-state index in [1.807, 2.05) is 93.8 Å². The molecule has 3 aromatic carbocycles. The molecule has 0 aliphatic carbocycles. The Morgan fingerprint density at radius 1 is 0.839 bits per heavy atom. The van der Waals surface area contributed by atoms with Crippen molar-refractivity contribution in [3.05, 3.63) is 89.0 Å². The van der Waals surface area contributed by atoms with Crippen LogP contribution in [0, 0.1) is 20.8 Å². The van der Waals surface area contributed by atoms with Crippen LogP contribution < -0.4 is 9.80 Å². The number of rotatable bonds is 4. The molecule has 3 aromatic rings. The van der Waals surface area contributed by atoms with Crippen molar-refractivity contribution in [2.75, 3.05) is 22.6 Å². The van der Waals surface area contributed by atoms with Crippen LogP contribution in [0.4, 0.5) is 11.4 Å². The van der Waals surface area contributed by atoms with E-state index in [2.05, 4.69) is 0 Å². The molecule has 4 rings (SSSR count). The van der Waals surface area contributed by atoms with Gasteiger partial charge in [0.2, 0.25) is 5.91 Å². The lowest BCUT2D eigenvalue weighted by molar-refractivity contribution is -0.128. The van der Waals surface area contributed by atoms with Gasteiger partial charge in [-0.05, 0) is 68.5 Å². The molecule has 0 radical (unpaired) electrons. The minimum Gasteiger partial charge on any atom is -0.301 e. The Kier molecular flexibility index (Phi) is 5.88. The summed E-state index contributed by atoms with van der Waals surface area (Å²) in [6, 6.07) is 20.9. The molecule has 2 amide bonds. The van der Waals surface area contributed by atoms with E-state index in [4.69, 9.17) is 0 Å². The molecule has 158 valence electrons. The molecular weight excluding hydrogens is 404 g/mol. The maximum atomic E-state index is 13.8. The Balaban J connectivity index is 1.82. The lowest BCUT2D eigenvalue weighted by Crippen LogP contribution is -2.56. The predicted molar refractivity (Wildman–Crippen MR) is 128 cm³/mol. The van der Waals surface area contributed by atoms with Gasteiger partial charge in [-0.2, -0.15) is 0 Å². The van der Waals surface area contributed by atoms with Crippen LogP contribution in [0.1, 0.15) is 28.3 Å². The van der Waals surface area contributed by atoms with Crippen molar-refractivity contribution in [1.82, 2.24) is 0 Å². The Morgan fingerprint density at radius 2 is 1.48 bits per heavy atom. The zero-order chi connectivity index (χ0) is 22.1. The molecule has 1 saturated heterocycles. The Morgan fingerprint density at radius 3 is 2.10 bits per heavy atom. The van der Waals surface area contributed by atoms with E-state index < -0.39 is 6.04 Å². The van der Waals surface area contributed by atoms with E-state index in [0.717, 1.165) is 38.5 Å². The van der Waals surface area contributed by atoms with Crippen LogP contribution in [0.15, 0.2) is 71.6 Å². The number of carbonyl (C=O) groups excluding carboxylic acids is 2. The monoisotopic (exact) mass is 430 g/mol. The SMILES string of the molecule is CSc1ccc([C@@H]2C(=O)N(c3ccc(C)cc3)CC(=O)N2c2ccc(C)cc2C)cc1. The first-order valence-electron chi connectivity index (χ1n) is 10.3. The molecule has 1 aliphatic rings. The third-order valence-electron chi connectivity index (χ3n) is 5.71. The Hall–Kier alpha value is -3.05. The number of amides is 2. The predicted octanol–water partition coefficient (Wildman–Crippen LogP) is 5.45. The number of hydrogen-bond acceptors (Lipinski definition) is 3. The molecule has 5 heteroatoms. The molecule has 31 heavy (non-hydrogen) atoms. The van der Waals surface area contributed by atoms with Crippen molar-refractivity contribution in [2.24, 2.45) is 0 Å². The molecule has 4 nitrogen and oxygen atoms in total. The van der Waals surface area contributed by atoms with E-state index in [-0.39, 0.29) is 18.4 Å². The zero-order valence-electron chi connectivity index (χ0n) is 18.3. The fourth-order valence-corrected chi connectivity index (χ4v) is 4.47. The van der Waals surface area contributed by atoms with Gasteiger partial charge >= 0.3 is 0 Å². The Labute approximate surface area is 187 Å². The third-order valence-corrected chi connectivity index (χ3v) is 6.45. The molecule has 0 unspecified atom stereocenters. The van der Waals surface area contributed by atoms with E-state index in [1.54, 1.807) is 21.6 Å². The molecule has 0 saturated carbocycles. The van der Waals surface area contributed by atoms with Crippen molar-refractivity contribution in [2.45, 2.75) is 31.7 Å². The van der Waals surface area contributed by atoms with Gasteiger partial charge in [0.15, 0.2) is 0 Å². The normalized spacial score (nSPS) is 16.7. The van der Waals surface area contributed by atoms with E-state index in [0.29, 0.717) is 0 Å². The van der Waals surface area contributed by atoms with Crippen LogP contribution in [0.2, 0.25) is 0 Å². The first-order chi connectivity index (χ1) is 14.9. The summed E-state index contributed by atoms with van der Waals surface area (Å²) in [4.78, 5) is 31.7. The smallest absolute Gasteiger partial charge is 0.255 e. The summed E-state index contributed by atoms with van der Waals surface area (Å²) >= 11 is 1.65. The first-order valence-corrected chi connectivity index (χ1v) is 11.5. The minimum absolute atomic E-state index is 0.0224. The van der Waals surface area contributed by atoms with Gasteiger partial charge in [-0.15, -0.1) is 11.8 Å². The van der Waals surface area contributed by atoms with E-state index in [9.17, 15) is 9.59 Å².